The van der Waals surface area contributed by atoms with Gasteiger partial charge in [0.05, 0.1) is 41.4 Å². The van der Waals surface area contributed by atoms with Gasteiger partial charge in [-0.15, -0.1) is 11.3 Å². The lowest BCUT2D eigenvalue weighted by Gasteiger charge is -2.40. The van der Waals surface area contributed by atoms with Crippen LogP contribution in [-0.2, 0) is 20.8 Å². The number of carbonyl (C=O) groups is 3. The van der Waals surface area contributed by atoms with Crippen LogP contribution in [0.15, 0.2) is 29.6 Å². The van der Waals surface area contributed by atoms with Gasteiger partial charge in [0.15, 0.2) is 5.78 Å². The van der Waals surface area contributed by atoms with Gasteiger partial charge < -0.3 is 34.3 Å². The maximum absolute atomic E-state index is 14.1. The Bertz CT molecular complexity index is 1130. The van der Waals surface area contributed by atoms with Crippen molar-refractivity contribution >= 4 is 29.1 Å². The first kappa shape index (κ1) is 30.2. The van der Waals surface area contributed by atoms with E-state index in [9.17, 15) is 19.5 Å². The first-order valence-corrected chi connectivity index (χ1v) is 15.0. The molecule has 2 amide bonds. The minimum absolute atomic E-state index is 0.0203. The van der Waals surface area contributed by atoms with Crippen LogP contribution in [0.1, 0.15) is 43.6 Å². The number of nitrogens with one attached hydrogen (secondary N) is 1. The number of rotatable bonds is 12. The summed E-state index contributed by atoms with van der Waals surface area (Å²) in [7, 11) is 1.69. The third-order valence-corrected chi connectivity index (χ3v) is 8.64. The highest BCUT2D eigenvalue weighted by atomic mass is 32.1. The predicted molar refractivity (Wildman–Crippen MR) is 154 cm³/mol. The van der Waals surface area contributed by atoms with Gasteiger partial charge in [0.2, 0.25) is 5.91 Å². The van der Waals surface area contributed by atoms with E-state index in [1.165, 1.54) is 4.90 Å². The highest BCUT2D eigenvalue weighted by Gasteiger charge is 2.38. The first-order chi connectivity index (χ1) is 19.3. The Morgan fingerprint density at radius 3 is 2.55 bits per heavy atom. The number of unbranched alkanes of at least 4 members (excludes halogenated alkanes) is 1. The lowest BCUT2D eigenvalue weighted by Crippen LogP contribution is -2.58. The van der Waals surface area contributed by atoms with Crippen LogP contribution >= 0.6 is 11.3 Å². The van der Waals surface area contributed by atoms with E-state index in [0.717, 1.165) is 23.4 Å². The summed E-state index contributed by atoms with van der Waals surface area (Å²) < 4.78 is 12.7. The fourth-order valence-electron chi connectivity index (χ4n) is 5.66. The Morgan fingerprint density at radius 1 is 1.12 bits per heavy atom. The molecule has 220 valence electrons. The van der Waals surface area contributed by atoms with Crippen molar-refractivity contribution in [2.24, 2.45) is 11.8 Å². The first-order valence-electron chi connectivity index (χ1n) is 14.2. The fraction of sp³-hybridized carbons (Fsp3) is 0.621. The van der Waals surface area contributed by atoms with Crippen molar-refractivity contribution < 1.29 is 29.0 Å². The molecule has 4 heterocycles. The molecular formula is C29H42N4O6S. The van der Waals surface area contributed by atoms with E-state index in [2.05, 4.69) is 16.0 Å². The zero-order valence-electron chi connectivity index (χ0n) is 23.7. The monoisotopic (exact) mass is 574 g/mol. The number of ketones is 1. The van der Waals surface area contributed by atoms with Crippen LogP contribution in [0.3, 0.4) is 0 Å². The maximum Gasteiger partial charge on any atom is 0.407 e. The molecule has 2 aliphatic rings. The van der Waals surface area contributed by atoms with Gasteiger partial charge in [-0.2, -0.15) is 0 Å². The van der Waals surface area contributed by atoms with Crippen LogP contribution in [0, 0.1) is 11.8 Å². The number of morpholine rings is 1. The number of aromatic nitrogens is 1. The van der Waals surface area contributed by atoms with Crippen molar-refractivity contribution in [2.75, 3.05) is 53.1 Å². The second kappa shape index (κ2) is 14.2. The second-order valence-corrected chi connectivity index (χ2v) is 11.9. The Balaban J connectivity index is 1.54. The molecule has 0 aromatic carbocycles. The summed E-state index contributed by atoms with van der Waals surface area (Å²) >= 11 is 1.64. The molecule has 10 nitrogen and oxygen atoms in total. The van der Waals surface area contributed by atoms with Crippen molar-refractivity contribution in [1.82, 2.24) is 19.7 Å². The van der Waals surface area contributed by atoms with E-state index in [-0.39, 0.29) is 36.7 Å². The largest absolute Gasteiger partial charge is 0.465 e. The Hall–Kier alpha value is -2.73. The van der Waals surface area contributed by atoms with Crippen LogP contribution in [0.5, 0.6) is 0 Å². The van der Waals surface area contributed by atoms with Crippen LogP contribution in [0.25, 0.3) is 10.6 Å². The van der Waals surface area contributed by atoms with Gasteiger partial charge >= 0.3 is 6.09 Å². The van der Waals surface area contributed by atoms with Crippen molar-refractivity contribution in [2.45, 2.75) is 51.7 Å². The van der Waals surface area contributed by atoms with E-state index in [4.69, 9.17) is 9.47 Å². The molecule has 0 saturated carbocycles. The van der Waals surface area contributed by atoms with Gasteiger partial charge in [-0.05, 0) is 48.8 Å². The molecule has 1 unspecified atom stereocenters. The number of nitrogens with zero attached hydrogens (tertiary/aromatic N) is 3. The van der Waals surface area contributed by atoms with Gasteiger partial charge in [0.1, 0.15) is 0 Å². The van der Waals surface area contributed by atoms with Crippen molar-refractivity contribution in [3.8, 4) is 10.6 Å². The minimum Gasteiger partial charge on any atom is -0.465 e. The lowest BCUT2D eigenvalue weighted by atomic mass is 9.90. The molecule has 3 atom stereocenters. The van der Waals surface area contributed by atoms with Gasteiger partial charge in [0, 0.05) is 52.5 Å². The van der Waals surface area contributed by atoms with Crippen LogP contribution in [0.2, 0.25) is 0 Å². The molecule has 0 radical (unpaired) electrons. The Morgan fingerprint density at radius 2 is 1.90 bits per heavy atom. The predicted octanol–water partition coefficient (Wildman–Crippen LogP) is 3.67. The zero-order valence-corrected chi connectivity index (χ0v) is 24.5. The Kier molecular flexibility index (Phi) is 10.8. The quantitative estimate of drug-likeness (QED) is 0.294. The second-order valence-electron chi connectivity index (χ2n) is 10.9. The number of carboxylic acid groups (broad SMARTS) is 1. The molecule has 0 aliphatic carbocycles. The third-order valence-electron chi connectivity index (χ3n) is 7.74. The van der Waals surface area contributed by atoms with E-state index >= 15 is 0 Å². The van der Waals surface area contributed by atoms with Crippen molar-refractivity contribution in [3.63, 3.8) is 0 Å². The van der Waals surface area contributed by atoms with Gasteiger partial charge in [-0.1, -0.05) is 19.9 Å². The topological polar surface area (TPSA) is 113 Å². The van der Waals surface area contributed by atoms with E-state index in [0.29, 0.717) is 51.6 Å². The van der Waals surface area contributed by atoms with Crippen LogP contribution < -0.4 is 5.32 Å². The lowest BCUT2D eigenvalue weighted by molar-refractivity contribution is -0.141. The standard InChI is InChI=1S/C29H42N4O6S/c1-20(2)26(27(34)24-9-8-23(25-7-6-16-40-25)33(24)10-4-5-13-38-3)30-22-17-21(18-32(19-22)29(36)37)28(35)31-11-14-39-15-12-31/h6-9,16,20-22,26,30H,4-5,10-15,17-19H2,1-3H3,(H,36,37)/t21-,22+,26?/m1/s1. The summed E-state index contributed by atoms with van der Waals surface area (Å²) in [6.07, 6.45) is 1.20. The van der Waals surface area contributed by atoms with Crippen molar-refractivity contribution in [1.29, 1.82) is 0 Å². The number of Topliss-reactive ketones (excluding diaryl/α,β-unsaturated/α-hetero) is 1. The fourth-order valence-corrected chi connectivity index (χ4v) is 6.42. The molecule has 2 fully saturated rings. The summed E-state index contributed by atoms with van der Waals surface area (Å²) in [5.74, 6) is -0.561. The summed E-state index contributed by atoms with van der Waals surface area (Å²) in [5.41, 5.74) is 1.66. The molecule has 0 bridgehead atoms. The van der Waals surface area contributed by atoms with Crippen molar-refractivity contribution in [3.05, 3.63) is 35.3 Å². The summed E-state index contributed by atoms with van der Waals surface area (Å²) in [6.45, 7) is 7.77. The zero-order chi connectivity index (χ0) is 28.6. The number of ether oxygens (including phenoxy) is 2. The average Bonchev–Trinajstić information content (AvgIpc) is 3.63. The number of piperidine rings is 1. The summed E-state index contributed by atoms with van der Waals surface area (Å²) in [4.78, 5) is 43.6. The van der Waals surface area contributed by atoms with Crippen LogP contribution in [-0.4, -0.2) is 102 Å². The van der Waals surface area contributed by atoms with E-state index in [1.807, 2.05) is 37.4 Å². The number of carbonyl (C=O) groups excluding carboxylic acids is 2. The Labute approximate surface area is 240 Å². The van der Waals surface area contributed by atoms with Gasteiger partial charge in [-0.3, -0.25) is 9.59 Å². The number of methoxy groups -OCH3 is 1. The van der Waals surface area contributed by atoms with Crippen LogP contribution in [0.4, 0.5) is 4.79 Å². The summed E-state index contributed by atoms with van der Waals surface area (Å²) in [6, 6.07) is 7.14. The smallest absolute Gasteiger partial charge is 0.407 e. The van der Waals surface area contributed by atoms with E-state index in [1.54, 1.807) is 23.3 Å². The third kappa shape index (κ3) is 7.31. The number of likely N-dealkylation sites (tertiary alicyclic amines) is 1. The number of hydrogen-bond acceptors (Lipinski definition) is 7. The van der Waals surface area contributed by atoms with Gasteiger partial charge in [-0.25, -0.2) is 4.79 Å². The molecule has 2 aromatic rings. The summed E-state index contributed by atoms with van der Waals surface area (Å²) in [5, 5.41) is 15.3. The molecule has 11 heteroatoms. The number of amides is 2. The normalized spacial score (nSPS) is 20.6. The minimum atomic E-state index is -1.05. The molecule has 2 aliphatic heterocycles. The van der Waals surface area contributed by atoms with Gasteiger partial charge in [0.25, 0.3) is 0 Å². The maximum atomic E-state index is 14.1. The molecule has 0 spiro atoms. The SMILES string of the molecule is COCCCCn1c(C(=O)C(N[C@H]2C[C@@H](C(=O)N3CCOCC3)CN(C(=O)O)C2)C(C)C)ccc1-c1cccs1. The number of thiophene rings is 1. The molecule has 2 N–H and O–H groups in total. The number of hydrogen-bond donors (Lipinski definition) is 2. The van der Waals surface area contributed by atoms with E-state index < -0.39 is 18.1 Å². The molecular weight excluding hydrogens is 532 g/mol. The highest BCUT2D eigenvalue weighted by molar-refractivity contribution is 7.13. The highest BCUT2D eigenvalue weighted by Crippen LogP contribution is 2.29. The molecule has 2 aromatic heterocycles. The molecule has 40 heavy (non-hydrogen) atoms. The average molecular weight is 575 g/mol. The molecule has 4 rings (SSSR count). The molecule has 2 saturated heterocycles.